The van der Waals surface area contributed by atoms with Crippen LogP contribution in [0.1, 0.15) is 18.1 Å². The SMILES string of the molecule is CCN1CCN(c2ccc(CNC(=NC)NCc3ccccc3OC(F)F)cc2F)CC1.I. The van der Waals surface area contributed by atoms with Crippen LogP contribution in [0.2, 0.25) is 0 Å². The molecule has 0 radical (unpaired) electrons. The summed E-state index contributed by atoms with van der Waals surface area (Å²) >= 11 is 0. The fourth-order valence-corrected chi connectivity index (χ4v) is 3.67. The number of alkyl halides is 2. The van der Waals surface area contributed by atoms with E-state index in [4.69, 9.17) is 0 Å². The van der Waals surface area contributed by atoms with Crippen LogP contribution in [-0.4, -0.2) is 57.2 Å². The van der Waals surface area contributed by atoms with Gasteiger partial charge < -0.3 is 25.2 Å². The fourth-order valence-electron chi connectivity index (χ4n) is 3.67. The third-order valence-corrected chi connectivity index (χ3v) is 5.49. The number of rotatable bonds is 8. The number of halogens is 4. The van der Waals surface area contributed by atoms with Gasteiger partial charge in [0, 0.05) is 51.9 Å². The first-order valence-electron chi connectivity index (χ1n) is 10.7. The molecule has 0 spiro atoms. The molecule has 1 aliphatic rings. The molecular weight excluding hydrogens is 546 g/mol. The summed E-state index contributed by atoms with van der Waals surface area (Å²) in [5, 5.41) is 6.18. The topological polar surface area (TPSA) is 52.1 Å². The number of piperazine rings is 1. The minimum absolute atomic E-state index is 0. The Morgan fingerprint density at radius 1 is 1.06 bits per heavy atom. The number of guanidine groups is 1. The normalized spacial score (nSPS) is 14.7. The van der Waals surface area contributed by atoms with Crippen molar-refractivity contribution in [2.45, 2.75) is 26.6 Å². The van der Waals surface area contributed by atoms with E-state index in [1.165, 1.54) is 12.1 Å². The maximum atomic E-state index is 14.7. The van der Waals surface area contributed by atoms with E-state index < -0.39 is 6.61 Å². The van der Waals surface area contributed by atoms with E-state index in [1.807, 2.05) is 12.1 Å². The highest BCUT2D eigenvalue weighted by molar-refractivity contribution is 14.0. The maximum Gasteiger partial charge on any atom is 0.387 e. The summed E-state index contributed by atoms with van der Waals surface area (Å²) in [5.41, 5.74) is 1.99. The zero-order valence-electron chi connectivity index (χ0n) is 18.9. The van der Waals surface area contributed by atoms with Crippen LogP contribution >= 0.6 is 24.0 Å². The molecule has 2 aromatic rings. The molecule has 0 aromatic heterocycles. The van der Waals surface area contributed by atoms with Gasteiger partial charge in [0.05, 0.1) is 5.69 Å². The maximum absolute atomic E-state index is 14.7. The third kappa shape index (κ3) is 7.95. The summed E-state index contributed by atoms with van der Waals surface area (Å²) in [7, 11) is 1.61. The lowest BCUT2D eigenvalue weighted by molar-refractivity contribution is -0.0504. The van der Waals surface area contributed by atoms with Gasteiger partial charge in [-0.2, -0.15) is 8.78 Å². The van der Waals surface area contributed by atoms with Gasteiger partial charge in [0.1, 0.15) is 11.6 Å². The quantitative estimate of drug-likeness (QED) is 0.282. The molecule has 0 amide bonds. The monoisotopic (exact) mass is 577 g/mol. The van der Waals surface area contributed by atoms with E-state index in [9.17, 15) is 13.2 Å². The van der Waals surface area contributed by atoms with Crippen LogP contribution < -0.4 is 20.3 Å². The second kappa shape index (κ2) is 13.5. The largest absolute Gasteiger partial charge is 0.434 e. The van der Waals surface area contributed by atoms with Gasteiger partial charge in [-0.05, 0) is 30.3 Å². The summed E-state index contributed by atoms with van der Waals surface area (Å²) < 4.78 is 44.4. The van der Waals surface area contributed by atoms with Crippen molar-refractivity contribution in [2.75, 3.05) is 44.7 Å². The van der Waals surface area contributed by atoms with E-state index in [0.717, 1.165) is 38.3 Å². The lowest BCUT2D eigenvalue weighted by atomic mass is 10.1. The molecule has 3 rings (SSSR count). The molecule has 2 aromatic carbocycles. The number of nitrogens with one attached hydrogen (secondary N) is 2. The van der Waals surface area contributed by atoms with Gasteiger partial charge in [0.2, 0.25) is 0 Å². The Bertz CT molecular complexity index is 907. The van der Waals surface area contributed by atoms with Gasteiger partial charge in [-0.25, -0.2) is 4.39 Å². The average Bonchev–Trinajstić information content (AvgIpc) is 2.80. The van der Waals surface area contributed by atoms with Gasteiger partial charge in [0.15, 0.2) is 5.96 Å². The Morgan fingerprint density at radius 2 is 1.76 bits per heavy atom. The second-order valence-corrected chi connectivity index (χ2v) is 7.47. The molecule has 0 atom stereocenters. The van der Waals surface area contributed by atoms with Crippen molar-refractivity contribution in [3.8, 4) is 5.75 Å². The molecule has 0 unspecified atom stereocenters. The van der Waals surface area contributed by atoms with Gasteiger partial charge in [0.25, 0.3) is 0 Å². The Morgan fingerprint density at radius 3 is 2.39 bits per heavy atom. The molecule has 0 aliphatic carbocycles. The predicted molar refractivity (Wildman–Crippen MR) is 136 cm³/mol. The smallest absolute Gasteiger partial charge is 0.387 e. The summed E-state index contributed by atoms with van der Waals surface area (Å²) in [5.74, 6) is 0.343. The first-order chi connectivity index (χ1) is 15.5. The van der Waals surface area contributed by atoms with Crippen molar-refractivity contribution >= 4 is 35.6 Å². The van der Waals surface area contributed by atoms with Crippen molar-refractivity contribution in [3.05, 3.63) is 59.4 Å². The van der Waals surface area contributed by atoms with Crippen LogP contribution in [0.25, 0.3) is 0 Å². The number of hydrogen-bond donors (Lipinski definition) is 2. The van der Waals surface area contributed by atoms with Crippen molar-refractivity contribution in [1.82, 2.24) is 15.5 Å². The summed E-state index contributed by atoms with van der Waals surface area (Å²) in [6.07, 6.45) is 0. The highest BCUT2D eigenvalue weighted by atomic mass is 127. The van der Waals surface area contributed by atoms with E-state index in [2.05, 4.69) is 37.1 Å². The van der Waals surface area contributed by atoms with Gasteiger partial charge in [-0.15, -0.1) is 24.0 Å². The van der Waals surface area contributed by atoms with Crippen LogP contribution in [0.5, 0.6) is 5.75 Å². The van der Waals surface area contributed by atoms with Gasteiger partial charge >= 0.3 is 6.61 Å². The molecule has 1 fully saturated rings. The van der Waals surface area contributed by atoms with E-state index >= 15 is 0 Å². The minimum Gasteiger partial charge on any atom is -0.434 e. The predicted octanol–water partition coefficient (Wildman–Crippen LogP) is 4.05. The summed E-state index contributed by atoms with van der Waals surface area (Å²) in [6.45, 7) is 4.39. The van der Waals surface area contributed by atoms with Crippen molar-refractivity contribution in [3.63, 3.8) is 0 Å². The number of benzene rings is 2. The molecule has 6 nitrogen and oxygen atoms in total. The number of hydrogen-bond acceptors (Lipinski definition) is 4. The molecular formula is C23H31F3IN5O. The average molecular weight is 577 g/mol. The number of anilines is 1. The number of ether oxygens (including phenoxy) is 1. The first kappa shape index (κ1) is 27.0. The van der Waals surface area contributed by atoms with Gasteiger partial charge in [-0.1, -0.05) is 31.2 Å². The van der Waals surface area contributed by atoms with Gasteiger partial charge in [-0.3, -0.25) is 4.99 Å². The molecule has 0 saturated carbocycles. The molecule has 1 aliphatic heterocycles. The lowest BCUT2D eigenvalue weighted by Gasteiger charge is -2.35. The van der Waals surface area contributed by atoms with Crippen molar-refractivity contribution in [2.24, 2.45) is 4.99 Å². The molecule has 1 heterocycles. The second-order valence-electron chi connectivity index (χ2n) is 7.47. The van der Waals surface area contributed by atoms with E-state index in [1.54, 1.807) is 25.2 Å². The van der Waals surface area contributed by atoms with Crippen LogP contribution in [0.15, 0.2) is 47.5 Å². The number of nitrogens with zero attached hydrogens (tertiary/aromatic N) is 3. The van der Waals surface area contributed by atoms with Crippen molar-refractivity contribution in [1.29, 1.82) is 0 Å². The molecule has 33 heavy (non-hydrogen) atoms. The third-order valence-electron chi connectivity index (χ3n) is 5.49. The Kier molecular flexibility index (Phi) is 11.0. The molecule has 0 bridgehead atoms. The Balaban J connectivity index is 0.00000385. The molecule has 1 saturated heterocycles. The molecule has 2 N–H and O–H groups in total. The Labute approximate surface area is 210 Å². The zero-order chi connectivity index (χ0) is 22.9. The number of aliphatic imine (C=N–C) groups is 1. The van der Waals surface area contributed by atoms with Crippen LogP contribution in [0.4, 0.5) is 18.9 Å². The van der Waals surface area contributed by atoms with Crippen LogP contribution in [0, 0.1) is 5.82 Å². The Hall–Kier alpha value is -2.21. The molecule has 182 valence electrons. The molecule has 10 heteroatoms. The highest BCUT2D eigenvalue weighted by Gasteiger charge is 2.18. The lowest BCUT2D eigenvalue weighted by Crippen LogP contribution is -2.46. The van der Waals surface area contributed by atoms with Crippen LogP contribution in [-0.2, 0) is 13.1 Å². The fraction of sp³-hybridized carbons (Fsp3) is 0.435. The zero-order valence-corrected chi connectivity index (χ0v) is 21.2. The number of para-hydroxylation sites is 1. The van der Waals surface area contributed by atoms with E-state index in [-0.39, 0.29) is 42.1 Å². The first-order valence-corrected chi connectivity index (χ1v) is 10.7. The highest BCUT2D eigenvalue weighted by Crippen LogP contribution is 2.22. The summed E-state index contributed by atoms with van der Waals surface area (Å²) in [6, 6.07) is 11.8. The van der Waals surface area contributed by atoms with Crippen LogP contribution in [0.3, 0.4) is 0 Å². The number of likely N-dealkylation sites (N-methyl/N-ethyl adjacent to an activating group) is 1. The minimum atomic E-state index is -2.89. The van der Waals surface area contributed by atoms with E-state index in [0.29, 0.717) is 23.8 Å². The van der Waals surface area contributed by atoms with Crippen molar-refractivity contribution < 1.29 is 17.9 Å². The standard InChI is InChI=1S/C23H30F3N5O.HI/c1-3-30-10-12-31(13-11-30)20-9-8-17(14-19(20)24)15-28-23(27-2)29-16-18-6-4-5-7-21(18)32-22(25)26;/h4-9,14,22H,3,10-13,15-16H2,1-2H3,(H2,27,28,29);1H. The summed E-state index contributed by atoms with van der Waals surface area (Å²) in [4.78, 5) is 8.57.